The largest absolute Gasteiger partial charge is 0.406 e. The van der Waals surface area contributed by atoms with Gasteiger partial charge < -0.3 is 9.80 Å². The number of Topliss-reactive ketones (excluding diaryl/α,β-unsaturated/α-hetero) is 1. The molecule has 1 atom stereocenters. The Balaban J connectivity index is 0.988. The van der Waals surface area contributed by atoms with Gasteiger partial charge in [0.15, 0.2) is 5.78 Å². The molecule has 8 heteroatoms. The van der Waals surface area contributed by atoms with Gasteiger partial charge in [0.05, 0.1) is 0 Å². The summed E-state index contributed by atoms with van der Waals surface area (Å²) in [6.45, 7) is 1.08. The summed E-state index contributed by atoms with van der Waals surface area (Å²) in [7, 11) is 0. The third-order valence-corrected chi connectivity index (χ3v) is 10.5. The van der Waals surface area contributed by atoms with Crippen molar-refractivity contribution >= 4 is 11.7 Å². The number of benzene rings is 3. The van der Waals surface area contributed by atoms with Gasteiger partial charge in [0, 0.05) is 37.0 Å². The van der Waals surface area contributed by atoms with Gasteiger partial charge in [-0.15, -0.1) is 0 Å². The number of pyridine rings is 1. The second kappa shape index (κ2) is 12.7. The van der Waals surface area contributed by atoms with Crippen LogP contribution in [0.4, 0.5) is 13.2 Å². The van der Waals surface area contributed by atoms with Crippen LogP contribution in [-0.4, -0.2) is 64.9 Å². The third-order valence-electron chi connectivity index (χ3n) is 10.5. The minimum Gasteiger partial charge on any atom is -0.329 e. The van der Waals surface area contributed by atoms with E-state index in [0.29, 0.717) is 31.7 Å². The van der Waals surface area contributed by atoms with Crippen molar-refractivity contribution < 1.29 is 22.8 Å². The Morgan fingerprint density at radius 1 is 0.809 bits per heavy atom. The molecule has 1 aliphatic carbocycles. The molecule has 242 valence electrons. The molecule has 47 heavy (non-hydrogen) atoms. The number of carbonyl (C=O) groups excluding carboxylic acids is 2. The summed E-state index contributed by atoms with van der Waals surface area (Å²) in [5.74, 6) is 0.124. The molecule has 0 bridgehead atoms. The number of piperidine rings is 1. The predicted octanol–water partition coefficient (Wildman–Crippen LogP) is 7.94. The van der Waals surface area contributed by atoms with Crippen LogP contribution >= 0.6 is 0 Å². The van der Waals surface area contributed by atoms with Crippen LogP contribution in [0, 0.1) is 5.92 Å². The molecular weight excluding hydrogens is 599 g/mol. The van der Waals surface area contributed by atoms with Crippen molar-refractivity contribution in [3.63, 3.8) is 0 Å². The van der Waals surface area contributed by atoms with Crippen LogP contribution in [0.25, 0.3) is 22.3 Å². The van der Waals surface area contributed by atoms with E-state index in [1.54, 1.807) is 12.4 Å². The van der Waals surface area contributed by atoms with Crippen LogP contribution in [0.2, 0.25) is 0 Å². The maximum Gasteiger partial charge on any atom is 0.406 e. The number of amides is 1. The number of aromatic nitrogens is 1. The molecule has 3 heterocycles. The molecule has 4 aromatic rings. The smallest absolute Gasteiger partial charge is 0.329 e. The summed E-state index contributed by atoms with van der Waals surface area (Å²) >= 11 is 0. The maximum absolute atomic E-state index is 14.2. The molecule has 1 amide bonds. The van der Waals surface area contributed by atoms with E-state index in [1.807, 2.05) is 84.9 Å². The third kappa shape index (κ3) is 6.00. The van der Waals surface area contributed by atoms with Gasteiger partial charge in [-0.3, -0.25) is 14.6 Å². The zero-order valence-corrected chi connectivity index (χ0v) is 26.3. The highest BCUT2D eigenvalue weighted by molar-refractivity contribution is 6.03. The zero-order chi connectivity index (χ0) is 32.6. The highest BCUT2D eigenvalue weighted by atomic mass is 19.4. The average molecular weight is 638 g/mol. The lowest BCUT2D eigenvalue weighted by molar-refractivity contribution is -0.162. The molecule has 0 unspecified atom stereocenters. The molecule has 2 fully saturated rings. The topological polar surface area (TPSA) is 53.5 Å². The molecule has 3 aliphatic rings. The number of rotatable bonds is 9. The van der Waals surface area contributed by atoms with Gasteiger partial charge >= 0.3 is 6.18 Å². The Morgan fingerprint density at radius 3 is 2.04 bits per heavy atom. The van der Waals surface area contributed by atoms with Gasteiger partial charge in [-0.05, 0) is 96.6 Å². The number of ketones is 1. The normalized spacial score (nSPS) is 19.3. The Labute approximate surface area is 273 Å². The number of hydrogen-bond donors (Lipinski definition) is 0. The standard InChI is InChI=1S/C39H38F3N3O2/c40-39(41,42)26-45-29(25-38(37(45)47)34-11-5-3-8-31(34)32-9-4-6-12-35(32)38)19-24-44-22-17-27(18-23-44)13-14-36(46)33-10-2-1-7-30(33)28-15-20-43-21-16-28/h1-12,15-16,20-21,27,29H,13-14,17-19,22-26H2/t29-/m0/s1. The van der Waals surface area contributed by atoms with Gasteiger partial charge in [-0.2, -0.15) is 13.2 Å². The highest BCUT2D eigenvalue weighted by Gasteiger charge is 2.59. The van der Waals surface area contributed by atoms with Crippen molar-refractivity contribution in [2.75, 3.05) is 26.2 Å². The number of fused-ring (bicyclic) bond motifs is 5. The molecule has 0 saturated carbocycles. The van der Waals surface area contributed by atoms with Crippen molar-refractivity contribution in [3.05, 3.63) is 114 Å². The number of nitrogens with zero attached hydrogens (tertiary/aromatic N) is 3. The Morgan fingerprint density at radius 2 is 1.40 bits per heavy atom. The van der Waals surface area contributed by atoms with Crippen LogP contribution in [-0.2, 0) is 10.2 Å². The lowest BCUT2D eigenvalue weighted by atomic mass is 9.75. The Hall–Kier alpha value is -4.30. The Kier molecular flexibility index (Phi) is 8.47. The van der Waals surface area contributed by atoms with E-state index >= 15 is 0 Å². The first-order valence-corrected chi connectivity index (χ1v) is 16.6. The fraction of sp³-hybridized carbons (Fsp3) is 0.359. The van der Waals surface area contributed by atoms with E-state index in [4.69, 9.17) is 0 Å². The summed E-state index contributed by atoms with van der Waals surface area (Å²) in [6.07, 6.45) is 2.99. The van der Waals surface area contributed by atoms with E-state index in [2.05, 4.69) is 9.88 Å². The van der Waals surface area contributed by atoms with Crippen LogP contribution < -0.4 is 0 Å². The molecule has 0 radical (unpaired) electrons. The summed E-state index contributed by atoms with van der Waals surface area (Å²) in [5.41, 5.74) is 5.05. The van der Waals surface area contributed by atoms with E-state index in [-0.39, 0.29) is 5.78 Å². The first-order chi connectivity index (χ1) is 22.7. The summed E-state index contributed by atoms with van der Waals surface area (Å²) < 4.78 is 41.6. The quantitative estimate of drug-likeness (QED) is 0.175. The predicted molar refractivity (Wildman–Crippen MR) is 176 cm³/mol. The molecule has 1 aromatic heterocycles. The number of likely N-dealkylation sites (tertiary alicyclic amines) is 2. The summed E-state index contributed by atoms with van der Waals surface area (Å²) in [6, 6.07) is 26.4. The summed E-state index contributed by atoms with van der Waals surface area (Å²) in [4.78, 5) is 34.9. The molecule has 1 spiro atoms. The van der Waals surface area contributed by atoms with E-state index in [0.717, 1.165) is 76.2 Å². The van der Waals surface area contributed by atoms with Gasteiger partial charge in [0.25, 0.3) is 0 Å². The molecule has 3 aromatic carbocycles. The van der Waals surface area contributed by atoms with E-state index in [9.17, 15) is 22.8 Å². The molecule has 2 saturated heterocycles. The number of alkyl halides is 3. The minimum absolute atomic E-state index is 0.138. The molecular formula is C39H38F3N3O2. The fourth-order valence-electron chi connectivity index (χ4n) is 8.20. The molecule has 0 N–H and O–H groups in total. The highest BCUT2D eigenvalue weighted by Crippen LogP contribution is 2.56. The lowest BCUT2D eigenvalue weighted by Crippen LogP contribution is -2.45. The second-order valence-electron chi connectivity index (χ2n) is 13.2. The number of carbonyl (C=O) groups is 2. The first kappa shape index (κ1) is 31.3. The lowest BCUT2D eigenvalue weighted by Gasteiger charge is -2.33. The fourth-order valence-corrected chi connectivity index (χ4v) is 8.20. The van der Waals surface area contributed by atoms with Crippen molar-refractivity contribution in [2.24, 2.45) is 5.92 Å². The van der Waals surface area contributed by atoms with Crippen LogP contribution in [0.5, 0.6) is 0 Å². The molecule has 5 nitrogen and oxygen atoms in total. The first-order valence-electron chi connectivity index (χ1n) is 16.6. The van der Waals surface area contributed by atoms with Gasteiger partial charge in [-0.1, -0.05) is 72.8 Å². The molecule has 7 rings (SSSR count). The van der Waals surface area contributed by atoms with Gasteiger partial charge in [-0.25, -0.2) is 0 Å². The second-order valence-corrected chi connectivity index (χ2v) is 13.2. The summed E-state index contributed by atoms with van der Waals surface area (Å²) in [5, 5.41) is 0. The maximum atomic E-state index is 14.2. The van der Waals surface area contributed by atoms with Gasteiger partial charge in [0.2, 0.25) is 5.91 Å². The van der Waals surface area contributed by atoms with Crippen LogP contribution in [0.15, 0.2) is 97.3 Å². The van der Waals surface area contributed by atoms with Crippen molar-refractivity contribution in [2.45, 2.75) is 56.2 Å². The van der Waals surface area contributed by atoms with Crippen molar-refractivity contribution in [3.8, 4) is 22.3 Å². The van der Waals surface area contributed by atoms with Crippen LogP contribution in [0.3, 0.4) is 0 Å². The number of hydrogen-bond acceptors (Lipinski definition) is 4. The zero-order valence-electron chi connectivity index (χ0n) is 26.3. The van der Waals surface area contributed by atoms with E-state index in [1.165, 1.54) is 0 Å². The Bertz CT molecular complexity index is 1720. The van der Waals surface area contributed by atoms with Crippen molar-refractivity contribution in [1.29, 1.82) is 0 Å². The van der Waals surface area contributed by atoms with Crippen molar-refractivity contribution in [1.82, 2.24) is 14.8 Å². The number of halogens is 3. The minimum atomic E-state index is -4.48. The van der Waals surface area contributed by atoms with E-state index < -0.39 is 30.1 Å². The average Bonchev–Trinajstić information content (AvgIpc) is 3.53. The SMILES string of the molecule is O=C(CCC1CCN(CC[C@H]2CC3(C(=O)N2CC(F)(F)F)c2ccccc2-c2ccccc23)CC1)c1ccccc1-c1ccncc1. The monoisotopic (exact) mass is 637 g/mol. The van der Waals surface area contributed by atoms with Crippen LogP contribution in [0.1, 0.15) is 60.0 Å². The van der Waals surface area contributed by atoms with Gasteiger partial charge in [0.1, 0.15) is 12.0 Å². The molecule has 2 aliphatic heterocycles.